The van der Waals surface area contributed by atoms with E-state index < -0.39 is 0 Å². The van der Waals surface area contributed by atoms with E-state index in [1.54, 1.807) is 12.1 Å². The maximum Gasteiger partial charge on any atom is 0.191 e. The van der Waals surface area contributed by atoms with Crippen molar-refractivity contribution in [1.82, 2.24) is 15.8 Å². The smallest absolute Gasteiger partial charge is 0.191 e. The highest BCUT2D eigenvalue weighted by molar-refractivity contribution is 7.80. The third kappa shape index (κ3) is 7.46. The van der Waals surface area contributed by atoms with Crippen molar-refractivity contribution in [2.24, 2.45) is 10.2 Å². The fraction of sp³-hybridized carbons (Fsp3) is 0.0870. The van der Waals surface area contributed by atoms with Gasteiger partial charge in [0.05, 0.1) is 44.2 Å². The number of aromatic nitrogens is 1. The molecule has 11 heteroatoms. The molecule has 0 amide bonds. The van der Waals surface area contributed by atoms with Crippen LogP contribution < -0.4 is 21.5 Å². The highest BCUT2D eigenvalue weighted by Gasteiger charge is 2.07. The first-order valence-corrected chi connectivity index (χ1v) is 11.6. The molecular weight excluding hydrogens is 509 g/mol. The summed E-state index contributed by atoms with van der Waals surface area (Å²) in [6.45, 7) is 3.65. The van der Waals surface area contributed by atoms with Gasteiger partial charge < -0.3 is 10.6 Å². The molecule has 0 unspecified atom stereocenters. The number of para-hydroxylation sites is 2. The number of rotatable bonds is 6. The van der Waals surface area contributed by atoms with E-state index in [0.29, 0.717) is 54.5 Å². The largest absolute Gasteiger partial charge is 0.330 e. The van der Waals surface area contributed by atoms with Gasteiger partial charge in [-0.3, -0.25) is 10.9 Å². The van der Waals surface area contributed by atoms with Crippen LogP contribution in [0.5, 0.6) is 0 Å². The summed E-state index contributed by atoms with van der Waals surface area (Å²) in [6.07, 6.45) is 0. The molecule has 0 aliphatic rings. The van der Waals surface area contributed by atoms with Gasteiger partial charge in [-0.15, -0.1) is 0 Å². The van der Waals surface area contributed by atoms with Gasteiger partial charge in [0.2, 0.25) is 0 Å². The second-order valence-corrected chi connectivity index (χ2v) is 8.52. The summed E-state index contributed by atoms with van der Waals surface area (Å²) in [7, 11) is 0. The van der Waals surface area contributed by atoms with E-state index in [2.05, 4.69) is 36.7 Å². The lowest BCUT2D eigenvalue weighted by Gasteiger charge is -2.10. The van der Waals surface area contributed by atoms with Crippen LogP contribution in [-0.4, -0.2) is 26.6 Å². The standard InChI is InChI=1S/C23H21Cl2N7S2/c1-14(29-31-22(33)27-20-10-5-3-8-16(20)24)18-12-7-13-19(26-18)15(2)30-32-23(34)28-21-11-6-4-9-17(21)25/h3-13H,1-2H3,(H2,27,31,33)(H2,28,32,34)/b29-14-,30-15-. The van der Waals surface area contributed by atoms with Crippen molar-refractivity contribution in [1.29, 1.82) is 0 Å². The molecule has 0 aliphatic heterocycles. The van der Waals surface area contributed by atoms with Gasteiger partial charge >= 0.3 is 0 Å². The van der Waals surface area contributed by atoms with E-state index >= 15 is 0 Å². The minimum Gasteiger partial charge on any atom is -0.330 e. The molecule has 0 saturated heterocycles. The maximum atomic E-state index is 6.14. The van der Waals surface area contributed by atoms with Gasteiger partial charge in [0.15, 0.2) is 10.2 Å². The van der Waals surface area contributed by atoms with Crippen molar-refractivity contribution in [3.05, 3.63) is 88.2 Å². The van der Waals surface area contributed by atoms with Crippen molar-refractivity contribution >= 4 is 80.7 Å². The van der Waals surface area contributed by atoms with E-state index in [1.807, 2.05) is 68.4 Å². The number of benzene rings is 2. The summed E-state index contributed by atoms with van der Waals surface area (Å²) in [4.78, 5) is 4.61. The van der Waals surface area contributed by atoms with Crippen LogP contribution in [0.4, 0.5) is 11.4 Å². The number of nitrogens with zero attached hydrogens (tertiary/aromatic N) is 3. The molecule has 0 radical (unpaired) electrons. The van der Waals surface area contributed by atoms with Gasteiger partial charge in [0.25, 0.3) is 0 Å². The molecule has 0 spiro atoms. The Morgan fingerprint density at radius 2 is 1.09 bits per heavy atom. The van der Waals surface area contributed by atoms with Crippen molar-refractivity contribution in [2.45, 2.75) is 13.8 Å². The first kappa shape index (κ1) is 25.5. The summed E-state index contributed by atoms with van der Waals surface area (Å²) in [5, 5.41) is 16.4. The lowest BCUT2D eigenvalue weighted by Crippen LogP contribution is -2.25. The Hall–Kier alpha value is -3.11. The van der Waals surface area contributed by atoms with Crippen LogP contribution in [0.25, 0.3) is 0 Å². The zero-order chi connectivity index (χ0) is 24.5. The Kier molecular flexibility index (Phi) is 9.29. The van der Waals surface area contributed by atoms with E-state index in [-0.39, 0.29) is 0 Å². The van der Waals surface area contributed by atoms with Gasteiger partial charge in [-0.2, -0.15) is 10.2 Å². The van der Waals surface area contributed by atoms with E-state index in [9.17, 15) is 0 Å². The minimum absolute atomic E-state index is 0.310. The van der Waals surface area contributed by atoms with Crippen LogP contribution >= 0.6 is 47.6 Å². The maximum absolute atomic E-state index is 6.14. The van der Waals surface area contributed by atoms with Crippen molar-refractivity contribution < 1.29 is 0 Å². The fourth-order valence-electron chi connectivity index (χ4n) is 2.65. The highest BCUT2D eigenvalue weighted by Crippen LogP contribution is 2.21. The molecule has 3 rings (SSSR count). The Balaban J connectivity index is 1.61. The van der Waals surface area contributed by atoms with Crippen LogP contribution in [0.2, 0.25) is 10.0 Å². The number of hydrogen-bond acceptors (Lipinski definition) is 5. The quantitative estimate of drug-likeness (QED) is 0.182. The average molecular weight is 531 g/mol. The molecule has 3 aromatic rings. The molecule has 0 saturated carbocycles. The SMILES string of the molecule is C/C(=N/NC(=S)Nc1ccccc1Cl)c1cccc(/C(C)=N\NC(=S)Nc2ccccc2Cl)n1. The number of nitrogens with one attached hydrogen (secondary N) is 4. The highest BCUT2D eigenvalue weighted by atomic mass is 35.5. The molecular formula is C23H21Cl2N7S2. The normalized spacial score (nSPS) is 11.5. The Morgan fingerprint density at radius 1 is 0.676 bits per heavy atom. The van der Waals surface area contributed by atoms with Crippen LogP contribution in [-0.2, 0) is 0 Å². The minimum atomic E-state index is 0.310. The number of thiocarbonyl (C=S) groups is 2. The Labute approximate surface area is 218 Å². The molecule has 2 aromatic carbocycles. The van der Waals surface area contributed by atoms with E-state index in [0.717, 1.165) is 0 Å². The second kappa shape index (κ2) is 12.4. The van der Waals surface area contributed by atoms with Gasteiger partial charge in [0.1, 0.15) is 0 Å². The predicted octanol–water partition coefficient (Wildman–Crippen LogP) is 5.81. The number of halogens is 2. The first-order chi connectivity index (χ1) is 16.3. The number of anilines is 2. The molecule has 0 aliphatic carbocycles. The van der Waals surface area contributed by atoms with Crippen LogP contribution in [0, 0.1) is 0 Å². The average Bonchev–Trinajstić information content (AvgIpc) is 2.84. The Morgan fingerprint density at radius 3 is 1.50 bits per heavy atom. The molecule has 1 aromatic heterocycles. The number of hydrazone groups is 2. The number of hydrogen-bond donors (Lipinski definition) is 4. The van der Waals surface area contributed by atoms with E-state index in [1.165, 1.54) is 0 Å². The third-order valence-electron chi connectivity index (χ3n) is 4.38. The monoisotopic (exact) mass is 529 g/mol. The molecule has 1 heterocycles. The summed E-state index contributed by atoms with van der Waals surface area (Å²) in [6, 6.07) is 20.2. The molecule has 174 valence electrons. The van der Waals surface area contributed by atoms with Gasteiger partial charge in [0, 0.05) is 0 Å². The summed E-state index contributed by atoms with van der Waals surface area (Å²) < 4.78 is 0. The van der Waals surface area contributed by atoms with Crippen LogP contribution in [0.3, 0.4) is 0 Å². The lowest BCUT2D eigenvalue weighted by molar-refractivity contribution is 1.02. The second-order valence-electron chi connectivity index (χ2n) is 6.89. The van der Waals surface area contributed by atoms with Crippen LogP contribution in [0.1, 0.15) is 25.2 Å². The molecule has 0 bridgehead atoms. The van der Waals surface area contributed by atoms with Crippen molar-refractivity contribution in [3.8, 4) is 0 Å². The van der Waals surface area contributed by atoms with Gasteiger partial charge in [-0.05, 0) is 74.7 Å². The van der Waals surface area contributed by atoms with Crippen molar-refractivity contribution in [2.75, 3.05) is 10.6 Å². The van der Waals surface area contributed by atoms with Gasteiger partial charge in [-0.25, -0.2) is 4.98 Å². The predicted molar refractivity (Wildman–Crippen MR) is 150 cm³/mol. The molecule has 0 atom stereocenters. The Bertz CT molecular complexity index is 1170. The van der Waals surface area contributed by atoms with Crippen molar-refractivity contribution in [3.63, 3.8) is 0 Å². The summed E-state index contributed by atoms with van der Waals surface area (Å²) in [5.74, 6) is 0. The molecule has 34 heavy (non-hydrogen) atoms. The molecule has 4 N–H and O–H groups in total. The number of pyridine rings is 1. The molecule has 7 nitrogen and oxygen atoms in total. The topological polar surface area (TPSA) is 85.7 Å². The van der Waals surface area contributed by atoms with Crippen LogP contribution in [0.15, 0.2) is 76.9 Å². The molecule has 0 fully saturated rings. The lowest BCUT2D eigenvalue weighted by atomic mass is 10.2. The van der Waals surface area contributed by atoms with Gasteiger partial charge in [-0.1, -0.05) is 53.5 Å². The third-order valence-corrected chi connectivity index (χ3v) is 5.43. The summed E-state index contributed by atoms with van der Waals surface area (Å²) >= 11 is 22.8. The fourth-order valence-corrected chi connectivity index (χ4v) is 3.32. The zero-order valence-electron chi connectivity index (χ0n) is 18.3. The van der Waals surface area contributed by atoms with E-state index in [4.69, 9.17) is 47.6 Å². The zero-order valence-corrected chi connectivity index (χ0v) is 21.4. The first-order valence-electron chi connectivity index (χ1n) is 10.0. The summed E-state index contributed by atoms with van der Waals surface area (Å²) in [5.41, 5.74) is 9.60.